The summed E-state index contributed by atoms with van der Waals surface area (Å²) in [5.74, 6) is 0. The Labute approximate surface area is 171 Å². The third kappa shape index (κ3) is 14.2. The van der Waals surface area contributed by atoms with Crippen molar-refractivity contribution < 1.29 is 39.4 Å². The molecule has 0 radical (unpaired) electrons. The quantitative estimate of drug-likeness (QED) is 0.150. The van der Waals surface area contributed by atoms with Gasteiger partial charge in [-0.05, 0) is 12.1 Å². The van der Waals surface area contributed by atoms with Crippen molar-refractivity contribution >= 4 is 16.1 Å². The van der Waals surface area contributed by atoms with Crippen molar-refractivity contribution in [3.05, 3.63) is 0 Å². The highest BCUT2D eigenvalue weighted by molar-refractivity contribution is 6.76. The fraction of sp³-hybridized carbons (Fsp3) is 1.00. The van der Waals surface area contributed by atoms with E-state index in [1.165, 1.54) is 0 Å². The third-order valence-electron chi connectivity index (χ3n) is 4.20. The second kappa shape index (κ2) is 14.2. The lowest BCUT2D eigenvalue weighted by atomic mass is 10.0. The number of aliphatic hydroxyl groups is 4. The normalized spacial score (nSPS) is 17.4. The summed E-state index contributed by atoms with van der Waals surface area (Å²) in [5.41, 5.74) is 0. The van der Waals surface area contributed by atoms with Crippen LogP contribution in [-0.2, 0) is 18.9 Å². The molecule has 0 aromatic carbocycles. The van der Waals surface area contributed by atoms with Crippen LogP contribution in [-0.4, -0.2) is 101 Å². The molecule has 0 aromatic heterocycles. The summed E-state index contributed by atoms with van der Waals surface area (Å²) in [5, 5.41) is 39.4. The average Bonchev–Trinajstić information content (AvgIpc) is 2.58. The van der Waals surface area contributed by atoms with Gasteiger partial charge in [-0.15, -0.1) is 0 Å². The lowest BCUT2D eigenvalue weighted by molar-refractivity contribution is -0.195. The molecule has 4 atom stereocenters. The number of aliphatic hydroxyl groups excluding tert-OH is 4. The number of ether oxygens (including phenoxy) is 4. The minimum atomic E-state index is -1.44. The minimum absolute atomic E-state index is 0.0933. The Bertz CT molecular complexity index is 351. The SMILES string of the molecule is C[Si](C)(C)CCOCO[C@H](CO)[C@@H](O)[C@H](O)[C@@H](CO)OCOCC[Si](C)(C)C. The lowest BCUT2D eigenvalue weighted by Crippen LogP contribution is -2.49. The van der Waals surface area contributed by atoms with Gasteiger partial charge in [-0.1, -0.05) is 39.3 Å². The smallest absolute Gasteiger partial charge is 0.147 e. The fourth-order valence-electron chi connectivity index (χ4n) is 2.10. The van der Waals surface area contributed by atoms with Gasteiger partial charge in [0.1, 0.15) is 38.0 Å². The zero-order valence-corrected chi connectivity index (χ0v) is 20.4. The van der Waals surface area contributed by atoms with Crippen molar-refractivity contribution in [3.8, 4) is 0 Å². The number of hydrogen-bond acceptors (Lipinski definition) is 8. The first kappa shape index (κ1) is 28.1. The molecular formula is C18H42O8Si2. The number of hydrogen-bond donors (Lipinski definition) is 4. The van der Waals surface area contributed by atoms with Crippen LogP contribution in [0.1, 0.15) is 0 Å². The van der Waals surface area contributed by atoms with Gasteiger partial charge < -0.3 is 39.4 Å². The molecule has 0 amide bonds. The van der Waals surface area contributed by atoms with E-state index in [9.17, 15) is 20.4 Å². The Morgan fingerprint density at radius 1 is 0.643 bits per heavy atom. The van der Waals surface area contributed by atoms with Gasteiger partial charge in [-0.2, -0.15) is 0 Å². The summed E-state index contributed by atoms with van der Waals surface area (Å²) < 4.78 is 21.4. The van der Waals surface area contributed by atoms with E-state index in [4.69, 9.17) is 18.9 Å². The highest BCUT2D eigenvalue weighted by atomic mass is 28.3. The standard InChI is InChI=1S/C18H42O8Si2/c1-27(2,3)9-7-23-13-25-15(11-19)17(21)18(22)16(12-20)26-14-24-8-10-28(4,5)6/h15-22H,7-14H2,1-6H3/t15-,16-,17-,18-/m1/s1. The van der Waals surface area contributed by atoms with Crippen LogP contribution in [0.2, 0.25) is 51.4 Å². The van der Waals surface area contributed by atoms with Crippen LogP contribution >= 0.6 is 0 Å². The predicted octanol–water partition coefficient (Wildman–Crippen LogP) is 1.09. The van der Waals surface area contributed by atoms with Crippen LogP contribution in [0, 0.1) is 0 Å². The molecular weight excluding hydrogens is 400 g/mol. The summed E-state index contributed by atoms with van der Waals surface area (Å²) in [6.07, 6.45) is -4.98. The molecule has 0 aliphatic carbocycles. The molecule has 170 valence electrons. The van der Waals surface area contributed by atoms with Gasteiger partial charge in [0.25, 0.3) is 0 Å². The fourth-order valence-corrected chi connectivity index (χ4v) is 3.62. The first-order valence-electron chi connectivity index (χ1n) is 9.88. The summed E-state index contributed by atoms with van der Waals surface area (Å²) in [4.78, 5) is 0. The molecule has 4 N–H and O–H groups in total. The van der Waals surface area contributed by atoms with E-state index in [2.05, 4.69) is 39.3 Å². The molecule has 0 aliphatic rings. The van der Waals surface area contributed by atoms with Crippen molar-refractivity contribution in [1.29, 1.82) is 0 Å². The molecule has 8 nitrogen and oxygen atoms in total. The third-order valence-corrected chi connectivity index (χ3v) is 7.60. The Morgan fingerprint density at radius 2 is 0.964 bits per heavy atom. The first-order valence-corrected chi connectivity index (χ1v) is 17.3. The van der Waals surface area contributed by atoms with Gasteiger partial charge in [0.15, 0.2) is 0 Å². The van der Waals surface area contributed by atoms with E-state index in [0.717, 1.165) is 12.1 Å². The van der Waals surface area contributed by atoms with Crippen LogP contribution in [0.3, 0.4) is 0 Å². The van der Waals surface area contributed by atoms with Crippen LogP contribution < -0.4 is 0 Å². The van der Waals surface area contributed by atoms with E-state index in [-0.39, 0.29) is 13.6 Å². The topological polar surface area (TPSA) is 118 Å². The molecule has 0 bridgehead atoms. The zero-order valence-electron chi connectivity index (χ0n) is 18.4. The first-order chi connectivity index (χ1) is 12.9. The van der Waals surface area contributed by atoms with E-state index in [1.807, 2.05) is 0 Å². The molecule has 0 aromatic rings. The highest BCUT2D eigenvalue weighted by Crippen LogP contribution is 2.13. The Kier molecular flexibility index (Phi) is 14.2. The van der Waals surface area contributed by atoms with Crippen molar-refractivity contribution in [1.82, 2.24) is 0 Å². The average molecular weight is 443 g/mol. The predicted molar refractivity (Wildman–Crippen MR) is 114 cm³/mol. The van der Waals surface area contributed by atoms with Gasteiger partial charge in [-0.25, -0.2) is 0 Å². The van der Waals surface area contributed by atoms with Gasteiger partial charge in [0, 0.05) is 29.4 Å². The van der Waals surface area contributed by atoms with Gasteiger partial charge in [0.05, 0.1) is 13.2 Å². The molecule has 0 heterocycles. The van der Waals surface area contributed by atoms with Crippen molar-refractivity contribution in [2.24, 2.45) is 0 Å². The lowest BCUT2D eigenvalue weighted by Gasteiger charge is -2.30. The van der Waals surface area contributed by atoms with E-state index < -0.39 is 53.8 Å². The van der Waals surface area contributed by atoms with Crippen LogP contribution in [0.5, 0.6) is 0 Å². The van der Waals surface area contributed by atoms with E-state index in [0.29, 0.717) is 13.2 Å². The van der Waals surface area contributed by atoms with Crippen LogP contribution in [0.15, 0.2) is 0 Å². The minimum Gasteiger partial charge on any atom is -0.394 e. The summed E-state index contributed by atoms with van der Waals surface area (Å²) >= 11 is 0. The van der Waals surface area contributed by atoms with Gasteiger partial charge >= 0.3 is 0 Å². The summed E-state index contributed by atoms with van der Waals surface area (Å²) in [6.45, 7) is 13.3. The number of rotatable bonds is 17. The highest BCUT2D eigenvalue weighted by Gasteiger charge is 2.33. The molecule has 0 fully saturated rings. The van der Waals surface area contributed by atoms with Crippen LogP contribution in [0.4, 0.5) is 0 Å². The maximum atomic E-state index is 10.3. The van der Waals surface area contributed by atoms with Gasteiger partial charge in [-0.3, -0.25) is 0 Å². The van der Waals surface area contributed by atoms with Crippen molar-refractivity contribution in [3.63, 3.8) is 0 Å². The second-order valence-electron chi connectivity index (χ2n) is 9.43. The Hall–Kier alpha value is 0.114. The van der Waals surface area contributed by atoms with E-state index in [1.54, 1.807) is 0 Å². The van der Waals surface area contributed by atoms with Gasteiger partial charge in [0.2, 0.25) is 0 Å². The molecule has 28 heavy (non-hydrogen) atoms. The van der Waals surface area contributed by atoms with Crippen molar-refractivity contribution in [2.45, 2.75) is 75.8 Å². The van der Waals surface area contributed by atoms with Crippen molar-refractivity contribution in [2.75, 3.05) is 40.0 Å². The zero-order chi connectivity index (χ0) is 21.8. The Morgan fingerprint density at radius 3 is 1.21 bits per heavy atom. The Balaban J connectivity index is 4.28. The maximum Gasteiger partial charge on any atom is 0.147 e. The molecule has 0 saturated carbocycles. The molecule has 0 spiro atoms. The molecule has 0 unspecified atom stereocenters. The molecule has 0 saturated heterocycles. The van der Waals surface area contributed by atoms with E-state index >= 15 is 0 Å². The molecule has 10 heteroatoms. The summed E-state index contributed by atoms with van der Waals surface area (Å²) in [7, 11) is -2.41. The second-order valence-corrected chi connectivity index (χ2v) is 20.7. The van der Waals surface area contributed by atoms with Crippen LogP contribution in [0.25, 0.3) is 0 Å². The summed E-state index contributed by atoms with van der Waals surface area (Å²) in [6, 6.07) is 1.95. The maximum absolute atomic E-state index is 10.3. The molecule has 0 rings (SSSR count). The largest absolute Gasteiger partial charge is 0.394 e. The molecule has 0 aliphatic heterocycles. The monoisotopic (exact) mass is 442 g/mol.